The molecular formula is C17H19F4N3O2. The van der Waals surface area contributed by atoms with Crippen LogP contribution in [-0.2, 0) is 11.0 Å². The molecular weight excluding hydrogens is 354 g/mol. The predicted octanol–water partition coefficient (Wildman–Crippen LogP) is 1.91. The zero-order valence-electron chi connectivity index (χ0n) is 13.9. The maximum atomic E-state index is 13.4. The first-order chi connectivity index (χ1) is 12.1. The molecule has 1 saturated heterocycles. The van der Waals surface area contributed by atoms with Gasteiger partial charge in [-0.2, -0.15) is 13.2 Å². The molecule has 26 heavy (non-hydrogen) atoms. The van der Waals surface area contributed by atoms with Gasteiger partial charge >= 0.3 is 6.18 Å². The average molecular weight is 373 g/mol. The largest absolute Gasteiger partial charge is 0.416 e. The minimum absolute atomic E-state index is 0.0933. The SMILES string of the molecule is NC(=O)CN1CCC2(CC1)C[C@H]2NC(=O)c1cc(F)cc(C(F)(F)F)c1. The molecule has 2 fully saturated rings. The lowest BCUT2D eigenvalue weighted by molar-refractivity contribution is -0.137. The van der Waals surface area contributed by atoms with Crippen LogP contribution < -0.4 is 11.1 Å². The second-order valence-electron chi connectivity index (χ2n) is 7.06. The Hall–Kier alpha value is -2.16. The van der Waals surface area contributed by atoms with Gasteiger partial charge in [-0.25, -0.2) is 4.39 Å². The van der Waals surface area contributed by atoms with E-state index < -0.39 is 29.4 Å². The molecule has 0 aromatic heterocycles. The molecule has 5 nitrogen and oxygen atoms in total. The Balaban J connectivity index is 1.61. The van der Waals surface area contributed by atoms with Crippen molar-refractivity contribution in [1.82, 2.24) is 10.2 Å². The fraction of sp³-hybridized carbons (Fsp3) is 0.529. The first-order valence-electron chi connectivity index (χ1n) is 8.28. The van der Waals surface area contributed by atoms with Crippen molar-refractivity contribution in [2.24, 2.45) is 11.1 Å². The number of nitrogens with zero attached hydrogens (tertiary/aromatic N) is 1. The summed E-state index contributed by atoms with van der Waals surface area (Å²) in [4.78, 5) is 25.1. The molecule has 1 aromatic carbocycles. The van der Waals surface area contributed by atoms with Gasteiger partial charge in [0.1, 0.15) is 5.82 Å². The third kappa shape index (κ3) is 3.98. The van der Waals surface area contributed by atoms with Crippen molar-refractivity contribution in [3.8, 4) is 0 Å². The normalized spacial score (nSPS) is 22.2. The minimum atomic E-state index is -4.72. The van der Waals surface area contributed by atoms with E-state index in [1.54, 1.807) is 0 Å². The fourth-order valence-corrected chi connectivity index (χ4v) is 3.61. The van der Waals surface area contributed by atoms with Crippen LogP contribution in [0.2, 0.25) is 0 Å². The van der Waals surface area contributed by atoms with E-state index >= 15 is 0 Å². The number of nitrogens with two attached hydrogens (primary N) is 1. The number of piperidine rings is 1. The van der Waals surface area contributed by atoms with Crippen LogP contribution in [0.25, 0.3) is 0 Å². The van der Waals surface area contributed by atoms with Crippen molar-refractivity contribution in [1.29, 1.82) is 0 Å². The Morgan fingerprint density at radius 3 is 2.46 bits per heavy atom. The number of halogens is 4. The molecule has 9 heteroatoms. The van der Waals surface area contributed by atoms with Crippen molar-refractivity contribution in [3.63, 3.8) is 0 Å². The highest BCUT2D eigenvalue weighted by Gasteiger charge is 2.55. The Kier molecular flexibility index (Phi) is 4.68. The van der Waals surface area contributed by atoms with Crippen molar-refractivity contribution in [3.05, 3.63) is 35.1 Å². The van der Waals surface area contributed by atoms with Gasteiger partial charge in [0.05, 0.1) is 12.1 Å². The lowest BCUT2D eigenvalue weighted by atomic mass is 9.92. The summed E-state index contributed by atoms with van der Waals surface area (Å²) in [5.74, 6) is -2.21. The maximum absolute atomic E-state index is 13.4. The van der Waals surface area contributed by atoms with Crippen LogP contribution in [0.1, 0.15) is 35.2 Å². The van der Waals surface area contributed by atoms with Gasteiger partial charge < -0.3 is 11.1 Å². The van der Waals surface area contributed by atoms with Crippen LogP contribution in [0, 0.1) is 11.2 Å². The van der Waals surface area contributed by atoms with Crippen LogP contribution >= 0.6 is 0 Å². The first kappa shape index (κ1) is 18.6. The van der Waals surface area contributed by atoms with E-state index in [2.05, 4.69) is 5.32 Å². The van der Waals surface area contributed by atoms with Gasteiger partial charge in [0, 0.05) is 11.6 Å². The summed E-state index contributed by atoms with van der Waals surface area (Å²) in [6, 6.07) is 1.67. The van der Waals surface area contributed by atoms with Crippen molar-refractivity contribution in [2.45, 2.75) is 31.5 Å². The molecule has 2 aliphatic rings. The number of hydrogen-bond donors (Lipinski definition) is 2. The summed E-state index contributed by atoms with van der Waals surface area (Å²) in [6.45, 7) is 1.54. The molecule has 1 heterocycles. The van der Waals surface area contributed by atoms with Gasteiger partial charge in [0.15, 0.2) is 0 Å². The van der Waals surface area contributed by atoms with Crippen molar-refractivity contribution >= 4 is 11.8 Å². The van der Waals surface area contributed by atoms with E-state index in [9.17, 15) is 27.2 Å². The van der Waals surface area contributed by atoms with Crippen LogP contribution in [0.4, 0.5) is 17.6 Å². The number of rotatable bonds is 4. The lowest BCUT2D eigenvalue weighted by Crippen LogP contribution is -2.42. The molecule has 0 bridgehead atoms. The second-order valence-corrected chi connectivity index (χ2v) is 7.06. The lowest BCUT2D eigenvalue weighted by Gasteiger charge is -2.32. The molecule has 142 valence electrons. The summed E-state index contributed by atoms with van der Waals surface area (Å²) >= 11 is 0. The Bertz CT molecular complexity index is 727. The monoisotopic (exact) mass is 373 g/mol. The standard InChI is InChI=1S/C17H19F4N3O2/c18-12-6-10(5-11(7-12)17(19,20)21)15(26)23-13-8-16(13)1-3-24(4-2-16)9-14(22)25/h5-7,13H,1-4,8-9H2,(H2,22,25)(H,23,26)/t13-/m1/s1. The summed E-state index contributed by atoms with van der Waals surface area (Å²) in [5, 5.41) is 2.71. The van der Waals surface area contributed by atoms with Crippen LogP contribution in [0.5, 0.6) is 0 Å². The Morgan fingerprint density at radius 1 is 1.23 bits per heavy atom. The molecule has 2 amide bonds. The maximum Gasteiger partial charge on any atom is 0.416 e. The van der Waals surface area contributed by atoms with Crippen LogP contribution in [0.3, 0.4) is 0 Å². The Morgan fingerprint density at radius 2 is 1.88 bits per heavy atom. The molecule has 0 unspecified atom stereocenters. The number of carbonyl (C=O) groups excluding carboxylic acids is 2. The number of hydrogen-bond acceptors (Lipinski definition) is 3. The molecule has 1 aromatic rings. The van der Waals surface area contributed by atoms with Gasteiger partial charge in [-0.15, -0.1) is 0 Å². The highest BCUT2D eigenvalue weighted by Crippen LogP contribution is 2.53. The number of alkyl halides is 3. The minimum Gasteiger partial charge on any atom is -0.369 e. The molecule has 0 radical (unpaired) electrons. The van der Waals surface area contributed by atoms with Crippen molar-refractivity contribution in [2.75, 3.05) is 19.6 Å². The predicted molar refractivity (Wildman–Crippen MR) is 84.6 cm³/mol. The topological polar surface area (TPSA) is 75.4 Å². The highest BCUT2D eigenvalue weighted by molar-refractivity contribution is 5.95. The van der Waals surface area contributed by atoms with Crippen LogP contribution in [0.15, 0.2) is 18.2 Å². The van der Waals surface area contributed by atoms with Gasteiger partial charge in [-0.1, -0.05) is 0 Å². The third-order valence-electron chi connectivity index (χ3n) is 5.21. The molecule has 1 saturated carbocycles. The van der Waals surface area contributed by atoms with Gasteiger partial charge in [-0.05, 0) is 56.0 Å². The zero-order chi connectivity index (χ0) is 19.1. The first-order valence-corrected chi connectivity index (χ1v) is 8.28. The zero-order valence-corrected chi connectivity index (χ0v) is 13.9. The number of carbonyl (C=O) groups is 2. The third-order valence-corrected chi connectivity index (χ3v) is 5.21. The summed E-state index contributed by atoms with van der Waals surface area (Å²) in [6.07, 6.45) is -2.46. The number of nitrogens with one attached hydrogen (secondary N) is 1. The van der Waals surface area contributed by atoms with Crippen molar-refractivity contribution < 1.29 is 27.2 Å². The van der Waals surface area contributed by atoms with E-state index in [0.717, 1.165) is 25.3 Å². The van der Waals surface area contributed by atoms with E-state index in [1.807, 2.05) is 4.90 Å². The van der Waals surface area contributed by atoms with Gasteiger partial charge in [0.25, 0.3) is 5.91 Å². The number of amides is 2. The van der Waals surface area contributed by atoms with E-state index in [0.29, 0.717) is 25.2 Å². The van der Waals surface area contributed by atoms with Crippen LogP contribution in [-0.4, -0.2) is 42.4 Å². The number of primary amides is 1. The quantitative estimate of drug-likeness (QED) is 0.792. The summed E-state index contributed by atoms with van der Waals surface area (Å²) in [7, 11) is 0. The molecule has 3 N–H and O–H groups in total. The summed E-state index contributed by atoms with van der Waals surface area (Å²) in [5.41, 5.74) is 3.55. The summed E-state index contributed by atoms with van der Waals surface area (Å²) < 4.78 is 51.7. The molecule has 1 aliphatic heterocycles. The molecule has 1 aliphatic carbocycles. The molecule has 1 spiro atoms. The fourth-order valence-electron chi connectivity index (χ4n) is 3.61. The average Bonchev–Trinajstić information content (AvgIpc) is 3.19. The number of likely N-dealkylation sites (tertiary alicyclic amines) is 1. The number of benzene rings is 1. The van der Waals surface area contributed by atoms with Gasteiger partial charge in [-0.3, -0.25) is 14.5 Å². The smallest absolute Gasteiger partial charge is 0.369 e. The van der Waals surface area contributed by atoms with E-state index in [1.165, 1.54) is 0 Å². The highest BCUT2D eigenvalue weighted by atomic mass is 19.4. The second kappa shape index (κ2) is 6.53. The van der Waals surface area contributed by atoms with Gasteiger partial charge in [0.2, 0.25) is 5.91 Å². The van der Waals surface area contributed by atoms with E-state index in [4.69, 9.17) is 5.73 Å². The molecule has 1 atom stereocenters. The van der Waals surface area contributed by atoms with E-state index in [-0.39, 0.29) is 23.6 Å². The Labute approximate surface area is 147 Å². The molecule has 3 rings (SSSR count).